The van der Waals surface area contributed by atoms with Gasteiger partial charge in [-0.05, 0) is 35.9 Å². The number of benzene rings is 2. The Hall–Kier alpha value is -1.76. The Morgan fingerprint density at radius 3 is 2.44 bits per heavy atom. The summed E-state index contributed by atoms with van der Waals surface area (Å²) in [5.74, 6) is -0.760. The lowest BCUT2D eigenvalue weighted by Crippen LogP contribution is -2.37. The average molecular weight is 447 g/mol. The summed E-state index contributed by atoms with van der Waals surface area (Å²) in [6.07, 6.45) is 0. The summed E-state index contributed by atoms with van der Waals surface area (Å²) < 4.78 is 11.0. The van der Waals surface area contributed by atoms with Crippen molar-refractivity contribution in [1.29, 1.82) is 0 Å². The fourth-order valence-corrected chi connectivity index (χ4v) is 2.72. The van der Waals surface area contributed by atoms with Crippen molar-refractivity contribution in [3.05, 3.63) is 62.5 Å². The molecule has 2 aromatic carbocycles. The highest BCUT2D eigenvalue weighted by atomic mass is 79.9. The van der Waals surface area contributed by atoms with Crippen LogP contribution in [0.3, 0.4) is 0 Å². The first-order valence-electron chi connectivity index (χ1n) is 7.11. The number of amides is 1. The van der Waals surface area contributed by atoms with E-state index in [1.165, 1.54) is 13.2 Å². The fraction of sp³-hybridized carbons (Fsp3) is 0.176. The van der Waals surface area contributed by atoms with Gasteiger partial charge in [-0.25, -0.2) is 4.79 Å². The summed E-state index contributed by atoms with van der Waals surface area (Å²) >= 11 is 15.1. The van der Waals surface area contributed by atoms with Crippen molar-refractivity contribution in [2.75, 3.05) is 13.7 Å². The lowest BCUT2D eigenvalue weighted by atomic mass is 10.1. The molecule has 5 nitrogen and oxygen atoms in total. The summed E-state index contributed by atoms with van der Waals surface area (Å²) in [5, 5.41) is 3.33. The van der Waals surface area contributed by atoms with E-state index in [-0.39, 0.29) is 11.6 Å². The molecule has 2 aromatic rings. The number of hydrogen-bond acceptors (Lipinski definition) is 4. The van der Waals surface area contributed by atoms with Crippen molar-refractivity contribution >= 4 is 51.0 Å². The van der Waals surface area contributed by atoms with Gasteiger partial charge in [0.1, 0.15) is 5.75 Å². The van der Waals surface area contributed by atoms with Gasteiger partial charge in [0.05, 0.1) is 12.1 Å². The monoisotopic (exact) mass is 445 g/mol. The molecule has 1 N–H and O–H groups in total. The van der Waals surface area contributed by atoms with Gasteiger partial charge < -0.3 is 14.8 Å². The van der Waals surface area contributed by atoms with Crippen LogP contribution in [0.15, 0.2) is 46.9 Å². The lowest BCUT2D eigenvalue weighted by molar-refractivity contribution is -0.145. The summed E-state index contributed by atoms with van der Waals surface area (Å²) in [4.78, 5) is 24.1. The average Bonchev–Trinajstić information content (AvgIpc) is 2.59. The number of nitrogens with one attached hydrogen (secondary N) is 1. The Bertz CT molecular complexity index is 768. The highest BCUT2D eigenvalue weighted by Gasteiger charge is 2.23. The normalized spacial score (nSPS) is 11.5. The Morgan fingerprint density at radius 1 is 1.16 bits per heavy atom. The van der Waals surface area contributed by atoms with E-state index in [2.05, 4.69) is 21.2 Å². The second-order valence-corrected chi connectivity index (χ2v) is 6.70. The minimum atomic E-state index is -0.935. The summed E-state index contributed by atoms with van der Waals surface area (Å²) in [7, 11) is 1.25. The molecule has 0 bridgehead atoms. The standard InChI is InChI=1S/C17H14BrCl2NO4/c1-24-17(23)16(10-2-4-11(18)5-3-10)21-15(22)9-25-14-7-6-12(19)8-13(14)20/h2-8,16H,9H2,1H3,(H,21,22). The fourth-order valence-electron chi connectivity index (χ4n) is 1.99. The molecule has 0 aliphatic rings. The van der Waals surface area contributed by atoms with Crippen molar-refractivity contribution in [2.45, 2.75) is 6.04 Å². The van der Waals surface area contributed by atoms with Crippen LogP contribution >= 0.6 is 39.1 Å². The van der Waals surface area contributed by atoms with Crippen molar-refractivity contribution in [3.63, 3.8) is 0 Å². The first kappa shape index (κ1) is 19.6. The van der Waals surface area contributed by atoms with E-state index >= 15 is 0 Å². The molecule has 0 aliphatic heterocycles. The summed E-state index contributed by atoms with van der Waals surface area (Å²) in [5.41, 5.74) is 0.591. The number of carbonyl (C=O) groups is 2. The van der Waals surface area contributed by atoms with Gasteiger partial charge in [0.25, 0.3) is 5.91 Å². The molecule has 0 fully saturated rings. The Kier molecular flexibility index (Phi) is 7.11. The zero-order valence-electron chi connectivity index (χ0n) is 13.1. The van der Waals surface area contributed by atoms with E-state index in [1.54, 1.807) is 36.4 Å². The molecule has 2 rings (SSSR count). The van der Waals surface area contributed by atoms with Gasteiger partial charge in [-0.2, -0.15) is 0 Å². The van der Waals surface area contributed by atoms with Crippen molar-refractivity contribution in [1.82, 2.24) is 5.32 Å². The number of esters is 1. The quantitative estimate of drug-likeness (QED) is 0.676. The number of methoxy groups -OCH3 is 1. The minimum absolute atomic E-state index is 0.290. The van der Waals surface area contributed by atoms with Gasteiger partial charge in [0, 0.05) is 9.50 Å². The third-order valence-corrected chi connectivity index (χ3v) is 4.26. The first-order valence-corrected chi connectivity index (χ1v) is 8.66. The smallest absolute Gasteiger partial charge is 0.333 e. The number of hydrogen-bond donors (Lipinski definition) is 1. The van der Waals surface area contributed by atoms with Gasteiger partial charge in [-0.3, -0.25) is 4.79 Å². The molecule has 0 aromatic heterocycles. The molecule has 0 spiro atoms. The van der Waals surface area contributed by atoms with E-state index < -0.39 is 17.9 Å². The van der Waals surface area contributed by atoms with Crippen LogP contribution in [-0.4, -0.2) is 25.6 Å². The topological polar surface area (TPSA) is 64.6 Å². The molecule has 132 valence electrons. The van der Waals surface area contributed by atoms with Crippen molar-refractivity contribution < 1.29 is 19.1 Å². The van der Waals surface area contributed by atoms with Crippen LogP contribution < -0.4 is 10.1 Å². The maximum Gasteiger partial charge on any atom is 0.333 e. The van der Waals surface area contributed by atoms with Crippen LogP contribution in [-0.2, 0) is 14.3 Å². The SMILES string of the molecule is COC(=O)C(NC(=O)COc1ccc(Cl)cc1Cl)c1ccc(Br)cc1. The molecule has 0 aliphatic carbocycles. The molecular weight excluding hydrogens is 433 g/mol. The van der Waals surface area contributed by atoms with E-state index in [4.69, 9.17) is 32.7 Å². The number of carbonyl (C=O) groups excluding carboxylic acids is 2. The van der Waals surface area contributed by atoms with Gasteiger partial charge in [0.2, 0.25) is 0 Å². The second-order valence-electron chi connectivity index (χ2n) is 4.94. The summed E-state index contributed by atoms with van der Waals surface area (Å²) in [6.45, 7) is -0.314. The minimum Gasteiger partial charge on any atom is -0.482 e. The maximum absolute atomic E-state index is 12.1. The van der Waals surface area contributed by atoms with Gasteiger partial charge in [0.15, 0.2) is 12.6 Å². The van der Waals surface area contributed by atoms with Crippen LogP contribution in [0.5, 0.6) is 5.75 Å². The van der Waals surface area contributed by atoms with E-state index in [0.717, 1.165) is 4.47 Å². The lowest BCUT2D eigenvalue weighted by Gasteiger charge is -2.17. The molecule has 1 atom stereocenters. The third kappa shape index (κ3) is 5.63. The molecule has 0 radical (unpaired) electrons. The highest BCUT2D eigenvalue weighted by Crippen LogP contribution is 2.27. The van der Waals surface area contributed by atoms with Crippen LogP contribution in [0, 0.1) is 0 Å². The van der Waals surface area contributed by atoms with E-state index in [0.29, 0.717) is 16.3 Å². The number of halogens is 3. The number of ether oxygens (including phenoxy) is 2. The largest absolute Gasteiger partial charge is 0.482 e. The van der Waals surface area contributed by atoms with Gasteiger partial charge >= 0.3 is 5.97 Å². The molecule has 1 unspecified atom stereocenters. The molecular formula is C17H14BrCl2NO4. The molecule has 8 heteroatoms. The van der Waals surface area contributed by atoms with Gasteiger partial charge in [-0.1, -0.05) is 51.3 Å². The third-order valence-electron chi connectivity index (χ3n) is 3.20. The zero-order valence-corrected chi connectivity index (χ0v) is 16.2. The van der Waals surface area contributed by atoms with Crippen LogP contribution in [0.2, 0.25) is 10.0 Å². The zero-order chi connectivity index (χ0) is 18.4. The predicted octanol–water partition coefficient (Wildman–Crippen LogP) is 4.17. The Morgan fingerprint density at radius 2 is 1.84 bits per heavy atom. The van der Waals surface area contributed by atoms with Crippen LogP contribution in [0.4, 0.5) is 0 Å². The van der Waals surface area contributed by atoms with Crippen molar-refractivity contribution in [2.24, 2.45) is 0 Å². The molecule has 0 saturated heterocycles. The Labute approximate surface area is 163 Å². The second kappa shape index (κ2) is 9.08. The van der Waals surface area contributed by atoms with Crippen molar-refractivity contribution in [3.8, 4) is 5.75 Å². The van der Waals surface area contributed by atoms with Crippen LogP contribution in [0.1, 0.15) is 11.6 Å². The van der Waals surface area contributed by atoms with E-state index in [9.17, 15) is 9.59 Å². The molecule has 1 amide bonds. The number of rotatable bonds is 6. The van der Waals surface area contributed by atoms with Gasteiger partial charge in [-0.15, -0.1) is 0 Å². The highest BCUT2D eigenvalue weighted by molar-refractivity contribution is 9.10. The first-order chi connectivity index (χ1) is 11.9. The maximum atomic E-state index is 12.1. The molecule has 25 heavy (non-hydrogen) atoms. The summed E-state index contributed by atoms with van der Waals surface area (Å²) in [6, 6.07) is 10.7. The molecule has 0 heterocycles. The van der Waals surface area contributed by atoms with E-state index in [1.807, 2.05) is 0 Å². The predicted molar refractivity (Wildman–Crippen MR) is 99.0 cm³/mol. The van der Waals surface area contributed by atoms with Crippen LogP contribution in [0.25, 0.3) is 0 Å². The Balaban J connectivity index is 2.04. The molecule has 0 saturated carbocycles.